The Morgan fingerprint density at radius 2 is 2.04 bits per heavy atom. The van der Waals surface area contributed by atoms with Crippen molar-refractivity contribution in [1.82, 2.24) is 9.88 Å². The molecule has 136 valence electrons. The number of rotatable bonds is 3. The second-order valence-corrected chi connectivity index (χ2v) is 6.95. The van der Waals surface area contributed by atoms with Gasteiger partial charge in [-0.2, -0.15) is 0 Å². The predicted octanol–water partition coefficient (Wildman–Crippen LogP) is 4.00. The lowest BCUT2D eigenvalue weighted by Crippen LogP contribution is -2.39. The van der Waals surface area contributed by atoms with Crippen LogP contribution in [0.3, 0.4) is 0 Å². The molecule has 2 heterocycles. The van der Waals surface area contributed by atoms with Crippen LogP contribution in [0, 0.1) is 11.7 Å². The molecule has 1 aromatic heterocycles. The number of pyridine rings is 1. The van der Waals surface area contributed by atoms with Crippen molar-refractivity contribution in [2.75, 3.05) is 18.4 Å². The smallest absolute Gasteiger partial charge is 0.257 e. The van der Waals surface area contributed by atoms with Crippen molar-refractivity contribution >= 4 is 29.1 Å². The molecule has 0 saturated carbocycles. The average molecular weight is 376 g/mol. The number of piperidine rings is 1. The van der Waals surface area contributed by atoms with E-state index in [0.29, 0.717) is 30.3 Å². The van der Waals surface area contributed by atoms with Crippen molar-refractivity contribution in [3.8, 4) is 0 Å². The number of nitrogens with one attached hydrogen (secondary N) is 1. The minimum absolute atomic E-state index is 0.0796. The number of aromatic nitrogens is 1. The summed E-state index contributed by atoms with van der Waals surface area (Å²) in [5.74, 6) is -0.657. The van der Waals surface area contributed by atoms with Crippen LogP contribution in [0.5, 0.6) is 0 Å². The number of hydrogen-bond donors (Lipinski definition) is 1. The van der Waals surface area contributed by atoms with Crippen molar-refractivity contribution in [2.24, 2.45) is 5.92 Å². The molecule has 26 heavy (non-hydrogen) atoms. The van der Waals surface area contributed by atoms with Crippen molar-refractivity contribution in [3.63, 3.8) is 0 Å². The zero-order valence-corrected chi connectivity index (χ0v) is 15.1. The first-order valence-corrected chi connectivity index (χ1v) is 8.82. The number of carbonyl (C=O) groups excluding carboxylic acids is 2. The molecule has 7 heteroatoms. The normalized spacial score (nSPS) is 17.0. The van der Waals surface area contributed by atoms with Crippen LogP contribution in [0.25, 0.3) is 0 Å². The van der Waals surface area contributed by atoms with E-state index >= 15 is 0 Å². The number of anilines is 1. The van der Waals surface area contributed by atoms with Crippen LogP contribution < -0.4 is 5.32 Å². The van der Waals surface area contributed by atoms with E-state index in [0.717, 1.165) is 12.8 Å². The minimum Gasteiger partial charge on any atom is -0.338 e. The molecule has 2 aromatic rings. The van der Waals surface area contributed by atoms with Gasteiger partial charge in [0.1, 0.15) is 5.82 Å². The number of carbonyl (C=O) groups is 2. The van der Waals surface area contributed by atoms with Gasteiger partial charge in [-0.05, 0) is 43.0 Å². The molecule has 0 spiro atoms. The van der Waals surface area contributed by atoms with Gasteiger partial charge in [-0.1, -0.05) is 18.5 Å². The third-order valence-corrected chi connectivity index (χ3v) is 4.66. The van der Waals surface area contributed by atoms with Gasteiger partial charge in [0.2, 0.25) is 0 Å². The fraction of sp³-hybridized carbons (Fsp3) is 0.316. The van der Waals surface area contributed by atoms with Gasteiger partial charge in [0.15, 0.2) is 0 Å². The summed E-state index contributed by atoms with van der Waals surface area (Å²) < 4.78 is 13.2. The fourth-order valence-electron chi connectivity index (χ4n) is 3.01. The van der Waals surface area contributed by atoms with Crippen LogP contribution in [0.15, 0.2) is 36.7 Å². The molecule has 1 fully saturated rings. The lowest BCUT2D eigenvalue weighted by atomic mass is 9.99. The Morgan fingerprint density at radius 3 is 2.77 bits per heavy atom. The number of halogens is 2. The van der Waals surface area contributed by atoms with Crippen molar-refractivity contribution in [3.05, 3.63) is 58.6 Å². The van der Waals surface area contributed by atoms with Crippen molar-refractivity contribution in [1.29, 1.82) is 0 Å². The van der Waals surface area contributed by atoms with Gasteiger partial charge < -0.3 is 10.2 Å². The molecule has 1 N–H and O–H groups in total. The molecule has 0 radical (unpaired) electrons. The number of benzene rings is 1. The third-order valence-electron chi connectivity index (χ3n) is 4.37. The first-order valence-electron chi connectivity index (χ1n) is 8.45. The summed E-state index contributed by atoms with van der Waals surface area (Å²) in [6.45, 7) is 3.55. The summed E-state index contributed by atoms with van der Waals surface area (Å²) in [5, 5.41) is 2.54. The highest BCUT2D eigenvalue weighted by Gasteiger charge is 2.23. The molecule has 3 rings (SSSR count). The van der Waals surface area contributed by atoms with Crippen LogP contribution in [0.1, 0.15) is 40.5 Å². The Balaban J connectivity index is 1.74. The van der Waals surface area contributed by atoms with Crippen LogP contribution in [-0.4, -0.2) is 34.8 Å². The monoisotopic (exact) mass is 375 g/mol. The molecule has 1 aliphatic heterocycles. The second-order valence-electron chi connectivity index (χ2n) is 6.54. The van der Waals surface area contributed by atoms with Gasteiger partial charge in [0.05, 0.1) is 16.1 Å². The molecule has 1 saturated heterocycles. The lowest BCUT2D eigenvalue weighted by molar-refractivity contribution is 0.0682. The molecule has 1 unspecified atom stereocenters. The van der Waals surface area contributed by atoms with Crippen LogP contribution in [0.2, 0.25) is 5.02 Å². The molecule has 2 amide bonds. The first-order chi connectivity index (χ1) is 12.4. The topological polar surface area (TPSA) is 62.3 Å². The zero-order chi connectivity index (χ0) is 18.7. The Labute approximate surface area is 156 Å². The van der Waals surface area contributed by atoms with Gasteiger partial charge in [-0.3, -0.25) is 14.6 Å². The predicted molar refractivity (Wildman–Crippen MR) is 97.9 cm³/mol. The summed E-state index contributed by atoms with van der Waals surface area (Å²) in [5.41, 5.74) is 0.994. The Bertz CT molecular complexity index is 843. The van der Waals surface area contributed by atoms with Crippen LogP contribution in [0.4, 0.5) is 10.1 Å². The highest BCUT2D eigenvalue weighted by Crippen LogP contribution is 2.21. The zero-order valence-electron chi connectivity index (χ0n) is 14.3. The number of hydrogen-bond acceptors (Lipinski definition) is 3. The van der Waals surface area contributed by atoms with E-state index in [1.165, 1.54) is 36.7 Å². The van der Waals surface area contributed by atoms with E-state index in [4.69, 9.17) is 11.6 Å². The maximum atomic E-state index is 13.2. The van der Waals surface area contributed by atoms with Crippen LogP contribution in [-0.2, 0) is 0 Å². The van der Waals surface area contributed by atoms with Gasteiger partial charge in [0.25, 0.3) is 11.8 Å². The number of amides is 2. The largest absolute Gasteiger partial charge is 0.338 e. The summed E-state index contributed by atoms with van der Waals surface area (Å²) in [4.78, 5) is 30.9. The SMILES string of the molecule is CC1CCCN(C(=O)c2cncc(C(=O)Nc3ccc(F)c(Cl)c3)c2)C1. The molecule has 1 atom stereocenters. The molecular formula is C19H19ClFN3O2. The Morgan fingerprint density at radius 1 is 1.27 bits per heavy atom. The molecular weight excluding hydrogens is 357 g/mol. The standard InChI is InChI=1S/C19H19ClFN3O2/c1-12-3-2-6-24(11-12)19(26)14-7-13(9-22-10-14)18(25)23-15-4-5-17(21)16(20)8-15/h4-5,7-10,12H,2-3,6,11H2,1H3,(H,23,25). The van der Waals surface area contributed by atoms with Crippen LogP contribution >= 0.6 is 11.6 Å². The highest BCUT2D eigenvalue weighted by molar-refractivity contribution is 6.31. The van der Waals surface area contributed by atoms with E-state index in [1.807, 2.05) is 0 Å². The van der Waals surface area contributed by atoms with Crippen molar-refractivity contribution in [2.45, 2.75) is 19.8 Å². The van der Waals surface area contributed by atoms with E-state index < -0.39 is 11.7 Å². The Hall–Kier alpha value is -2.47. The van der Waals surface area contributed by atoms with Crippen molar-refractivity contribution < 1.29 is 14.0 Å². The molecule has 1 aliphatic rings. The second kappa shape index (κ2) is 7.83. The van der Waals surface area contributed by atoms with Gasteiger partial charge >= 0.3 is 0 Å². The van der Waals surface area contributed by atoms with Gasteiger partial charge in [-0.15, -0.1) is 0 Å². The maximum absolute atomic E-state index is 13.2. The average Bonchev–Trinajstić information content (AvgIpc) is 2.64. The summed E-state index contributed by atoms with van der Waals surface area (Å²) in [6.07, 6.45) is 4.94. The quantitative estimate of drug-likeness (QED) is 0.882. The maximum Gasteiger partial charge on any atom is 0.257 e. The molecule has 5 nitrogen and oxygen atoms in total. The lowest BCUT2D eigenvalue weighted by Gasteiger charge is -2.30. The number of likely N-dealkylation sites (tertiary alicyclic amines) is 1. The number of nitrogens with zero attached hydrogens (tertiary/aromatic N) is 2. The molecule has 0 bridgehead atoms. The molecule has 0 aliphatic carbocycles. The van der Waals surface area contributed by atoms with Gasteiger partial charge in [-0.25, -0.2) is 4.39 Å². The van der Waals surface area contributed by atoms with E-state index in [-0.39, 0.29) is 16.5 Å². The summed E-state index contributed by atoms with van der Waals surface area (Å²) >= 11 is 5.72. The third kappa shape index (κ3) is 4.19. The van der Waals surface area contributed by atoms with E-state index in [1.54, 1.807) is 4.90 Å². The van der Waals surface area contributed by atoms with E-state index in [2.05, 4.69) is 17.2 Å². The summed E-state index contributed by atoms with van der Waals surface area (Å²) in [7, 11) is 0. The molecule has 1 aromatic carbocycles. The minimum atomic E-state index is -0.560. The highest BCUT2D eigenvalue weighted by atomic mass is 35.5. The fourth-order valence-corrected chi connectivity index (χ4v) is 3.20. The van der Waals surface area contributed by atoms with Gasteiger partial charge in [0, 0.05) is 31.2 Å². The van der Waals surface area contributed by atoms with E-state index in [9.17, 15) is 14.0 Å². The summed E-state index contributed by atoms with van der Waals surface area (Å²) in [6, 6.07) is 5.44. The Kier molecular flexibility index (Phi) is 5.52. The first kappa shape index (κ1) is 18.3.